The maximum atomic E-state index is 13.2. The summed E-state index contributed by atoms with van der Waals surface area (Å²) in [4.78, 5) is 25.1. The van der Waals surface area contributed by atoms with E-state index in [-0.39, 0.29) is 17.7 Å². The summed E-state index contributed by atoms with van der Waals surface area (Å²) in [6.07, 6.45) is 9.93. The van der Waals surface area contributed by atoms with E-state index in [1.165, 1.54) is 19.3 Å². The fourth-order valence-corrected chi connectivity index (χ4v) is 4.36. The lowest BCUT2D eigenvalue weighted by atomic mass is 9.68. The maximum Gasteiger partial charge on any atom is 0.230 e. The van der Waals surface area contributed by atoms with Gasteiger partial charge in [0.15, 0.2) is 0 Å². The number of carbonyl (C=O) groups is 2. The molecular weight excluding hydrogens is 324 g/mol. The fourth-order valence-electron chi connectivity index (χ4n) is 4.36. The Morgan fingerprint density at radius 1 is 0.962 bits per heavy atom. The smallest absolute Gasteiger partial charge is 0.230 e. The SMILES string of the molecule is CC(C)C(=O)Nc1ccc(C2(C(=O)NC3CCCC3)CCCCC2)cc1. The van der Waals surface area contributed by atoms with Gasteiger partial charge >= 0.3 is 0 Å². The summed E-state index contributed by atoms with van der Waals surface area (Å²) in [6, 6.07) is 8.31. The molecule has 1 aromatic carbocycles. The van der Waals surface area contributed by atoms with Gasteiger partial charge in [-0.1, -0.05) is 58.1 Å². The van der Waals surface area contributed by atoms with Crippen molar-refractivity contribution in [1.29, 1.82) is 0 Å². The van der Waals surface area contributed by atoms with Crippen LogP contribution < -0.4 is 10.6 Å². The van der Waals surface area contributed by atoms with Crippen molar-refractivity contribution in [3.05, 3.63) is 29.8 Å². The summed E-state index contributed by atoms with van der Waals surface area (Å²) < 4.78 is 0. The standard InChI is InChI=1S/C22H32N2O2/c1-16(2)20(25)23-19-12-10-17(11-13-19)22(14-6-3-7-15-22)21(26)24-18-8-4-5-9-18/h10-13,16,18H,3-9,14-15H2,1-2H3,(H,23,25)(H,24,26). The van der Waals surface area contributed by atoms with Gasteiger partial charge < -0.3 is 10.6 Å². The van der Waals surface area contributed by atoms with Crippen molar-refractivity contribution in [1.82, 2.24) is 5.32 Å². The van der Waals surface area contributed by atoms with Crippen LogP contribution in [0.5, 0.6) is 0 Å². The highest BCUT2D eigenvalue weighted by atomic mass is 16.2. The Balaban J connectivity index is 1.78. The zero-order valence-corrected chi connectivity index (χ0v) is 16.1. The third-order valence-electron chi connectivity index (χ3n) is 6.06. The van der Waals surface area contributed by atoms with Gasteiger partial charge in [0.2, 0.25) is 11.8 Å². The molecule has 2 saturated carbocycles. The second-order valence-corrected chi connectivity index (χ2v) is 8.32. The Kier molecular flexibility index (Phi) is 6.00. The normalized spacial score (nSPS) is 20.1. The number of carbonyl (C=O) groups excluding carboxylic acids is 2. The Hall–Kier alpha value is -1.84. The quantitative estimate of drug-likeness (QED) is 0.813. The fraction of sp³-hybridized carbons (Fsp3) is 0.636. The lowest BCUT2D eigenvalue weighted by Gasteiger charge is -2.37. The topological polar surface area (TPSA) is 58.2 Å². The first-order valence-corrected chi connectivity index (χ1v) is 10.2. The second kappa shape index (κ2) is 8.24. The summed E-state index contributed by atoms with van der Waals surface area (Å²) in [5.74, 6) is 0.184. The molecule has 0 aromatic heterocycles. The van der Waals surface area contributed by atoms with E-state index in [1.54, 1.807) is 0 Å². The molecule has 0 radical (unpaired) electrons. The highest BCUT2D eigenvalue weighted by Gasteiger charge is 2.41. The van der Waals surface area contributed by atoms with E-state index in [4.69, 9.17) is 0 Å². The molecule has 1 aromatic rings. The average Bonchev–Trinajstić information content (AvgIpc) is 3.15. The van der Waals surface area contributed by atoms with Crippen molar-refractivity contribution in [2.45, 2.75) is 83.1 Å². The average molecular weight is 357 g/mol. The molecule has 2 aliphatic rings. The van der Waals surface area contributed by atoms with E-state index in [0.29, 0.717) is 6.04 Å². The molecule has 26 heavy (non-hydrogen) atoms. The van der Waals surface area contributed by atoms with Gasteiger partial charge in [0.05, 0.1) is 5.41 Å². The van der Waals surface area contributed by atoms with Gasteiger partial charge in [-0.25, -0.2) is 0 Å². The Morgan fingerprint density at radius 3 is 2.15 bits per heavy atom. The zero-order chi connectivity index (χ0) is 18.6. The maximum absolute atomic E-state index is 13.2. The number of amides is 2. The third kappa shape index (κ3) is 4.11. The first kappa shape index (κ1) is 18.9. The van der Waals surface area contributed by atoms with Crippen LogP contribution in [0.3, 0.4) is 0 Å². The van der Waals surface area contributed by atoms with Gasteiger partial charge in [0.25, 0.3) is 0 Å². The lowest BCUT2D eigenvalue weighted by molar-refractivity contribution is -0.128. The van der Waals surface area contributed by atoms with Crippen LogP contribution in [0.25, 0.3) is 0 Å². The summed E-state index contributed by atoms with van der Waals surface area (Å²) in [6.45, 7) is 3.77. The van der Waals surface area contributed by atoms with Gasteiger partial charge in [-0.15, -0.1) is 0 Å². The predicted octanol–water partition coefficient (Wildman–Crippen LogP) is 4.54. The van der Waals surface area contributed by atoms with Crippen LogP contribution in [0.15, 0.2) is 24.3 Å². The number of hydrogen-bond donors (Lipinski definition) is 2. The first-order valence-electron chi connectivity index (χ1n) is 10.2. The van der Waals surface area contributed by atoms with Crippen molar-refractivity contribution in [2.24, 2.45) is 5.92 Å². The van der Waals surface area contributed by atoms with Gasteiger partial charge in [-0.3, -0.25) is 9.59 Å². The number of benzene rings is 1. The molecule has 0 atom stereocenters. The molecule has 0 saturated heterocycles. The number of hydrogen-bond acceptors (Lipinski definition) is 2. The van der Waals surface area contributed by atoms with Crippen LogP contribution in [0.4, 0.5) is 5.69 Å². The van der Waals surface area contributed by atoms with E-state index in [1.807, 2.05) is 38.1 Å². The van der Waals surface area contributed by atoms with Gasteiger partial charge in [-0.05, 0) is 43.4 Å². The summed E-state index contributed by atoms with van der Waals surface area (Å²) in [5.41, 5.74) is 1.49. The van der Waals surface area contributed by atoms with Crippen LogP contribution in [0.1, 0.15) is 77.2 Å². The molecule has 2 aliphatic carbocycles. The van der Waals surface area contributed by atoms with Crippen LogP contribution >= 0.6 is 0 Å². The van der Waals surface area contributed by atoms with Crippen LogP contribution in [-0.4, -0.2) is 17.9 Å². The minimum Gasteiger partial charge on any atom is -0.353 e. The molecule has 142 valence electrons. The van der Waals surface area contributed by atoms with Gasteiger partial charge in [0, 0.05) is 17.6 Å². The molecule has 3 rings (SSSR count). The molecular formula is C22H32N2O2. The molecule has 0 heterocycles. The minimum absolute atomic E-state index is 0.0177. The zero-order valence-electron chi connectivity index (χ0n) is 16.1. The lowest BCUT2D eigenvalue weighted by Crippen LogP contribution is -2.48. The minimum atomic E-state index is -0.401. The van der Waals surface area contributed by atoms with E-state index >= 15 is 0 Å². The second-order valence-electron chi connectivity index (χ2n) is 8.32. The largest absolute Gasteiger partial charge is 0.353 e. The Bertz CT molecular complexity index is 624. The monoisotopic (exact) mass is 356 g/mol. The molecule has 2 fully saturated rings. The Morgan fingerprint density at radius 2 is 1.58 bits per heavy atom. The van der Waals surface area contributed by atoms with Gasteiger partial charge in [-0.2, -0.15) is 0 Å². The predicted molar refractivity (Wildman–Crippen MR) is 105 cm³/mol. The molecule has 4 heteroatoms. The summed E-state index contributed by atoms with van der Waals surface area (Å²) in [7, 11) is 0. The van der Waals surface area contributed by atoms with Crippen LogP contribution in [0, 0.1) is 5.92 Å². The molecule has 2 N–H and O–H groups in total. The van der Waals surface area contributed by atoms with Crippen molar-refractivity contribution >= 4 is 17.5 Å². The molecule has 0 unspecified atom stereocenters. The highest BCUT2D eigenvalue weighted by molar-refractivity contribution is 5.92. The summed E-state index contributed by atoms with van der Waals surface area (Å²) >= 11 is 0. The van der Waals surface area contributed by atoms with E-state index < -0.39 is 5.41 Å². The molecule has 4 nitrogen and oxygen atoms in total. The molecule has 0 aliphatic heterocycles. The molecule has 2 amide bonds. The number of nitrogens with one attached hydrogen (secondary N) is 2. The highest BCUT2D eigenvalue weighted by Crippen LogP contribution is 2.40. The number of rotatable bonds is 5. The molecule has 0 bridgehead atoms. The van der Waals surface area contributed by atoms with Crippen molar-refractivity contribution < 1.29 is 9.59 Å². The third-order valence-corrected chi connectivity index (χ3v) is 6.06. The number of anilines is 1. The van der Waals surface area contributed by atoms with Gasteiger partial charge in [0.1, 0.15) is 0 Å². The van der Waals surface area contributed by atoms with E-state index in [2.05, 4.69) is 10.6 Å². The molecule has 0 spiro atoms. The van der Waals surface area contributed by atoms with E-state index in [9.17, 15) is 9.59 Å². The van der Waals surface area contributed by atoms with Crippen LogP contribution in [-0.2, 0) is 15.0 Å². The van der Waals surface area contributed by atoms with Crippen LogP contribution in [0.2, 0.25) is 0 Å². The van der Waals surface area contributed by atoms with Crippen molar-refractivity contribution in [3.63, 3.8) is 0 Å². The van der Waals surface area contributed by atoms with Crippen molar-refractivity contribution in [2.75, 3.05) is 5.32 Å². The Labute approximate surface area is 157 Å². The van der Waals surface area contributed by atoms with E-state index in [0.717, 1.165) is 49.8 Å². The summed E-state index contributed by atoms with van der Waals surface area (Å²) in [5, 5.41) is 6.27. The first-order chi connectivity index (χ1) is 12.5. The van der Waals surface area contributed by atoms with Crippen molar-refractivity contribution in [3.8, 4) is 0 Å².